The summed E-state index contributed by atoms with van der Waals surface area (Å²) in [6, 6.07) is 10.6. The van der Waals surface area contributed by atoms with Gasteiger partial charge in [-0.3, -0.25) is 9.59 Å². The summed E-state index contributed by atoms with van der Waals surface area (Å²) >= 11 is 0. The normalized spacial score (nSPS) is 15.6. The lowest BCUT2D eigenvalue weighted by Crippen LogP contribution is -2.57. The number of rotatable bonds is 11. The highest BCUT2D eigenvalue weighted by molar-refractivity contribution is 7.89. The zero-order valence-electron chi connectivity index (χ0n) is 23.5. The molecule has 1 aliphatic heterocycles. The summed E-state index contributed by atoms with van der Waals surface area (Å²) in [5.41, 5.74) is -1.03. The minimum atomic E-state index is -4.13. The largest absolute Gasteiger partial charge is 0.480 e. The lowest BCUT2D eigenvalue weighted by atomic mass is 9.79. The predicted octanol–water partition coefficient (Wildman–Crippen LogP) is 2.62. The molecule has 1 atom stereocenters. The van der Waals surface area contributed by atoms with Crippen molar-refractivity contribution in [2.45, 2.75) is 38.5 Å². The molecule has 12 heteroatoms. The summed E-state index contributed by atoms with van der Waals surface area (Å²) < 4.78 is 34.6. The summed E-state index contributed by atoms with van der Waals surface area (Å²) in [5.74, 6) is 1.79. The number of sulfonamides is 1. The first-order chi connectivity index (χ1) is 18.5. The second-order valence-corrected chi connectivity index (χ2v) is 12.1. The van der Waals surface area contributed by atoms with Crippen LogP contribution in [-0.2, 0) is 24.3 Å². The monoisotopic (exact) mass is 566 g/mol. The first-order valence-corrected chi connectivity index (χ1v) is 14.4. The highest BCUT2D eigenvalue weighted by Gasteiger charge is 2.51. The number of carboxylic acid groups (broad SMARTS) is 1. The molecule has 1 heterocycles. The van der Waals surface area contributed by atoms with E-state index in [0.29, 0.717) is 25.0 Å². The first-order valence-electron chi connectivity index (χ1n) is 13.0. The molecule has 0 spiro atoms. The van der Waals surface area contributed by atoms with Gasteiger partial charge >= 0.3 is 5.97 Å². The summed E-state index contributed by atoms with van der Waals surface area (Å²) in [5, 5.41) is 18.3. The van der Waals surface area contributed by atoms with Crippen LogP contribution < -0.4 is 10.8 Å². The average molecular weight is 567 g/mol. The number of anilines is 1. The Bertz CT molecular complexity index is 1230. The van der Waals surface area contributed by atoms with Gasteiger partial charge in [-0.2, -0.15) is 4.31 Å². The fourth-order valence-corrected chi connectivity index (χ4v) is 6.53. The second kappa shape index (κ2) is 14.0. The number of carbonyl (C=O) groups is 2. The van der Waals surface area contributed by atoms with Crippen molar-refractivity contribution in [3.05, 3.63) is 36.4 Å². The van der Waals surface area contributed by atoms with E-state index in [1.807, 2.05) is 45.0 Å². The number of aliphatic carboxylic acids is 1. The predicted molar refractivity (Wildman–Crippen MR) is 150 cm³/mol. The number of carboxylic acids is 1. The van der Waals surface area contributed by atoms with Crippen LogP contribution in [0.4, 0.5) is 5.69 Å². The van der Waals surface area contributed by atoms with Crippen LogP contribution in [-0.4, -0.2) is 93.3 Å². The lowest BCUT2D eigenvalue weighted by Gasteiger charge is -2.38. The third-order valence-electron chi connectivity index (χ3n) is 7.02. The van der Waals surface area contributed by atoms with Crippen LogP contribution in [0.3, 0.4) is 0 Å². The molecule has 1 amide bonds. The third-order valence-corrected chi connectivity index (χ3v) is 9.00. The van der Waals surface area contributed by atoms with Gasteiger partial charge in [-0.1, -0.05) is 45.0 Å². The van der Waals surface area contributed by atoms with E-state index in [4.69, 9.17) is 9.94 Å². The first kappa shape index (κ1) is 32.4. The number of fused-ring (bicyclic) bond motifs is 1. The van der Waals surface area contributed by atoms with Crippen molar-refractivity contribution >= 4 is 38.4 Å². The zero-order chi connectivity index (χ0) is 29.4. The Morgan fingerprint density at radius 2 is 1.67 bits per heavy atom. The molecule has 4 N–H and O–H groups in total. The molecule has 0 bridgehead atoms. The van der Waals surface area contributed by atoms with Crippen molar-refractivity contribution in [2.75, 3.05) is 58.4 Å². The van der Waals surface area contributed by atoms with E-state index in [0.717, 1.165) is 15.4 Å². The van der Waals surface area contributed by atoms with Crippen molar-refractivity contribution in [3.63, 3.8) is 0 Å². The van der Waals surface area contributed by atoms with E-state index >= 15 is 0 Å². The summed E-state index contributed by atoms with van der Waals surface area (Å²) in [7, 11) is -0.353. The van der Waals surface area contributed by atoms with Gasteiger partial charge in [0.05, 0.1) is 18.1 Å². The molecule has 218 valence electrons. The molecule has 2 aromatic carbocycles. The Kier molecular flexibility index (Phi) is 11.7. The number of nitrogens with two attached hydrogens (primary N) is 1. The second-order valence-electron chi connectivity index (χ2n) is 10.2. The number of morpholine rings is 1. The molecule has 0 saturated carbocycles. The summed E-state index contributed by atoms with van der Waals surface area (Å²) in [6.07, 6.45) is 0.517. The van der Waals surface area contributed by atoms with Crippen LogP contribution in [0.2, 0.25) is 0 Å². The standard InChI is InChI=1S/C27H39N3O6S.H3NO/c1-6-30(37(34,35)24-12-8-9-21-22(24)10-7-11-23(21)28(4)5)19-27(26(32)33,14-13-20(2)3)25(31)29-15-17-36-18-16-29;1-2/h7-12,20H,6,13-19H2,1-5H3,(H,32,33);2H,1H2/t27-;/m0./s1. The fourth-order valence-electron chi connectivity index (χ4n) is 4.81. The number of nitrogens with zero attached hydrogens (tertiary/aromatic N) is 3. The maximum absolute atomic E-state index is 14.1. The van der Waals surface area contributed by atoms with Gasteiger partial charge < -0.3 is 24.9 Å². The van der Waals surface area contributed by atoms with E-state index in [1.165, 1.54) is 4.90 Å². The number of amides is 1. The van der Waals surface area contributed by atoms with Gasteiger partial charge in [0.2, 0.25) is 15.9 Å². The highest BCUT2D eigenvalue weighted by Crippen LogP contribution is 2.36. The average Bonchev–Trinajstić information content (AvgIpc) is 2.93. The maximum atomic E-state index is 14.1. The molecule has 0 aliphatic carbocycles. The molecule has 11 nitrogen and oxygen atoms in total. The number of ether oxygens (including phenoxy) is 1. The van der Waals surface area contributed by atoms with Crippen molar-refractivity contribution in [2.24, 2.45) is 17.2 Å². The van der Waals surface area contributed by atoms with Crippen LogP contribution in [0.1, 0.15) is 33.6 Å². The van der Waals surface area contributed by atoms with E-state index in [-0.39, 0.29) is 36.9 Å². The molecule has 39 heavy (non-hydrogen) atoms. The Hall–Kier alpha value is -2.77. The number of benzene rings is 2. The topological polar surface area (TPSA) is 154 Å². The van der Waals surface area contributed by atoms with Crippen LogP contribution >= 0.6 is 0 Å². The van der Waals surface area contributed by atoms with Crippen molar-refractivity contribution in [3.8, 4) is 0 Å². The van der Waals surface area contributed by atoms with Crippen LogP contribution in [0.25, 0.3) is 10.8 Å². The van der Waals surface area contributed by atoms with Crippen molar-refractivity contribution in [1.82, 2.24) is 9.21 Å². The quantitative estimate of drug-likeness (QED) is 0.275. The van der Waals surface area contributed by atoms with Gasteiger partial charge in [-0.15, -0.1) is 0 Å². The minimum Gasteiger partial charge on any atom is -0.480 e. The van der Waals surface area contributed by atoms with Gasteiger partial charge in [0.25, 0.3) is 0 Å². The Balaban J connectivity index is 0.00000260. The zero-order valence-corrected chi connectivity index (χ0v) is 24.3. The Morgan fingerprint density at radius 1 is 1.08 bits per heavy atom. The molecule has 0 aromatic heterocycles. The molecule has 0 unspecified atom stereocenters. The van der Waals surface area contributed by atoms with Gasteiger partial charge in [0.15, 0.2) is 5.41 Å². The molecule has 1 aliphatic rings. The van der Waals surface area contributed by atoms with Gasteiger partial charge in [0.1, 0.15) is 0 Å². The van der Waals surface area contributed by atoms with Crippen molar-refractivity contribution in [1.29, 1.82) is 0 Å². The molecule has 0 radical (unpaired) electrons. The summed E-state index contributed by atoms with van der Waals surface area (Å²) in [4.78, 5) is 30.2. The molecule has 2 aromatic rings. The molecule has 1 fully saturated rings. The van der Waals surface area contributed by atoms with Gasteiger partial charge in [-0.25, -0.2) is 14.3 Å². The number of hydrogen-bond donors (Lipinski definition) is 3. The van der Waals surface area contributed by atoms with E-state index in [1.54, 1.807) is 31.2 Å². The van der Waals surface area contributed by atoms with E-state index in [2.05, 4.69) is 5.90 Å². The molecule has 1 saturated heterocycles. The SMILES string of the molecule is CCN(C[C@](CCC(C)C)(C(=O)O)C(=O)N1CCOCC1)S(=O)(=O)c1cccc2c(N(C)C)cccc12.NO. The third kappa shape index (κ3) is 7.06. The van der Waals surface area contributed by atoms with Gasteiger partial charge in [0, 0.05) is 56.7 Å². The van der Waals surface area contributed by atoms with Gasteiger partial charge in [-0.05, 0) is 30.9 Å². The summed E-state index contributed by atoms with van der Waals surface area (Å²) in [6.45, 7) is 6.39. The smallest absolute Gasteiger partial charge is 0.320 e. The fraction of sp³-hybridized carbons (Fsp3) is 0.556. The van der Waals surface area contributed by atoms with Crippen LogP contribution in [0.5, 0.6) is 0 Å². The number of hydrogen-bond acceptors (Lipinski definition) is 8. The molecular formula is C27H42N4O7S. The van der Waals surface area contributed by atoms with Crippen molar-refractivity contribution < 1.29 is 33.1 Å². The number of carbonyl (C=O) groups excluding carboxylic acids is 1. The highest BCUT2D eigenvalue weighted by atomic mass is 32.2. The lowest BCUT2D eigenvalue weighted by molar-refractivity contribution is -0.164. The van der Waals surface area contributed by atoms with E-state index < -0.39 is 33.9 Å². The van der Waals surface area contributed by atoms with E-state index in [9.17, 15) is 23.1 Å². The molecular weight excluding hydrogens is 524 g/mol. The minimum absolute atomic E-state index is 0.0270. The van der Waals surface area contributed by atoms with Crippen LogP contribution in [0, 0.1) is 11.3 Å². The Morgan fingerprint density at radius 3 is 2.21 bits per heavy atom. The Labute approximate surface area is 231 Å². The molecule has 3 rings (SSSR count). The maximum Gasteiger partial charge on any atom is 0.320 e. The van der Waals surface area contributed by atoms with Crippen LogP contribution in [0.15, 0.2) is 41.3 Å².